The average molecular weight is 273 g/mol. The van der Waals surface area contributed by atoms with Crippen molar-refractivity contribution in [1.29, 1.82) is 5.26 Å². The van der Waals surface area contributed by atoms with E-state index in [9.17, 15) is 10.1 Å². The van der Waals surface area contributed by atoms with Gasteiger partial charge in [-0.15, -0.1) is 0 Å². The number of amidine groups is 1. The molecule has 0 spiro atoms. The van der Waals surface area contributed by atoms with Gasteiger partial charge in [0.05, 0.1) is 11.3 Å². The molecule has 0 bridgehead atoms. The van der Waals surface area contributed by atoms with Crippen LogP contribution < -0.4 is 0 Å². The van der Waals surface area contributed by atoms with Crippen LogP contribution >= 0.6 is 0 Å². The predicted octanol–water partition coefficient (Wildman–Crippen LogP) is 2.72. The van der Waals surface area contributed by atoms with Gasteiger partial charge in [-0.05, 0) is 17.7 Å². The minimum absolute atomic E-state index is 0.178. The highest BCUT2D eigenvalue weighted by molar-refractivity contribution is 6.26. The summed E-state index contributed by atoms with van der Waals surface area (Å²) in [5, 5.41) is 9.31. The summed E-state index contributed by atoms with van der Waals surface area (Å²) >= 11 is 0. The van der Waals surface area contributed by atoms with Gasteiger partial charge in [0.25, 0.3) is 5.91 Å². The zero-order valence-electron chi connectivity index (χ0n) is 11.1. The van der Waals surface area contributed by atoms with Crippen LogP contribution in [0.2, 0.25) is 0 Å². The Balaban J connectivity index is 2.00. The molecule has 1 unspecified atom stereocenters. The van der Waals surface area contributed by atoms with Crippen LogP contribution in [-0.2, 0) is 4.79 Å². The summed E-state index contributed by atoms with van der Waals surface area (Å²) in [6, 6.07) is 11.5. The predicted molar refractivity (Wildman–Crippen MR) is 81.7 cm³/mol. The van der Waals surface area contributed by atoms with Crippen LogP contribution in [0, 0.1) is 17.2 Å². The number of aliphatic imine (C=N–C) groups is 2. The van der Waals surface area contributed by atoms with Gasteiger partial charge in [-0.25, -0.2) is 4.99 Å². The molecule has 21 heavy (non-hydrogen) atoms. The molecule has 0 saturated carbocycles. The minimum Gasteiger partial charge on any atom is -0.271 e. The summed E-state index contributed by atoms with van der Waals surface area (Å²) in [5.41, 5.74) is 1.77. The molecule has 2 aliphatic rings. The first-order valence-corrected chi connectivity index (χ1v) is 6.51. The third-order valence-corrected chi connectivity index (χ3v) is 3.19. The first-order valence-electron chi connectivity index (χ1n) is 6.51. The smallest absolute Gasteiger partial charge is 0.260 e. The molecular weight excluding hydrogens is 262 g/mol. The van der Waals surface area contributed by atoms with E-state index < -0.39 is 5.92 Å². The van der Waals surface area contributed by atoms with Gasteiger partial charge < -0.3 is 0 Å². The summed E-state index contributed by atoms with van der Waals surface area (Å²) < 4.78 is 0. The van der Waals surface area contributed by atoms with Gasteiger partial charge in [0.1, 0.15) is 12.0 Å². The van der Waals surface area contributed by atoms with E-state index in [-0.39, 0.29) is 17.3 Å². The topological polar surface area (TPSA) is 65.6 Å². The van der Waals surface area contributed by atoms with Crippen molar-refractivity contribution in [3.63, 3.8) is 0 Å². The van der Waals surface area contributed by atoms with Crippen molar-refractivity contribution in [3.05, 3.63) is 65.8 Å². The molecule has 0 radical (unpaired) electrons. The summed E-state index contributed by atoms with van der Waals surface area (Å²) in [6.07, 6.45) is 8.83. The molecule has 1 amide bonds. The summed E-state index contributed by atoms with van der Waals surface area (Å²) in [5.74, 6) is -0.530. The molecule has 1 aromatic carbocycles. The molecule has 1 heterocycles. The van der Waals surface area contributed by atoms with Crippen LogP contribution in [0.1, 0.15) is 5.56 Å². The van der Waals surface area contributed by atoms with E-state index in [0.29, 0.717) is 5.71 Å². The van der Waals surface area contributed by atoms with E-state index >= 15 is 0 Å². The van der Waals surface area contributed by atoms with Gasteiger partial charge in [-0.1, -0.05) is 48.6 Å². The lowest BCUT2D eigenvalue weighted by molar-refractivity contribution is -0.118. The van der Waals surface area contributed by atoms with Gasteiger partial charge in [0.15, 0.2) is 5.84 Å². The van der Waals surface area contributed by atoms with E-state index in [1.165, 1.54) is 0 Å². The SMILES string of the molecule is N#C/C(=C\c1ccccc1)C1=NC(=O)C2C=CC=CC2=N1. The molecule has 0 saturated heterocycles. The van der Waals surface area contributed by atoms with Gasteiger partial charge in [-0.2, -0.15) is 10.3 Å². The monoisotopic (exact) mass is 273 g/mol. The summed E-state index contributed by atoms with van der Waals surface area (Å²) in [7, 11) is 0. The first-order chi connectivity index (χ1) is 10.3. The van der Waals surface area contributed by atoms with Crippen molar-refractivity contribution >= 4 is 23.5 Å². The second kappa shape index (κ2) is 5.51. The molecule has 0 fully saturated rings. The lowest BCUT2D eigenvalue weighted by atomic mass is 9.96. The maximum absolute atomic E-state index is 12.0. The van der Waals surface area contributed by atoms with Crippen molar-refractivity contribution in [2.24, 2.45) is 15.9 Å². The fourth-order valence-electron chi connectivity index (χ4n) is 2.15. The van der Waals surface area contributed by atoms with E-state index in [0.717, 1.165) is 5.56 Å². The Kier molecular flexibility index (Phi) is 3.40. The Labute approximate surface area is 122 Å². The molecule has 4 nitrogen and oxygen atoms in total. The highest BCUT2D eigenvalue weighted by Crippen LogP contribution is 2.19. The zero-order valence-corrected chi connectivity index (χ0v) is 11.1. The Morgan fingerprint density at radius 3 is 2.76 bits per heavy atom. The zero-order chi connectivity index (χ0) is 14.7. The van der Waals surface area contributed by atoms with E-state index in [1.54, 1.807) is 24.3 Å². The lowest BCUT2D eigenvalue weighted by Gasteiger charge is -2.17. The van der Waals surface area contributed by atoms with Crippen LogP contribution in [0.25, 0.3) is 6.08 Å². The number of fused-ring (bicyclic) bond motifs is 1. The van der Waals surface area contributed by atoms with Gasteiger partial charge in [-0.3, -0.25) is 4.79 Å². The molecule has 100 valence electrons. The van der Waals surface area contributed by atoms with Crippen LogP contribution in [0.5, 0.6) is 0 Å². The van der Waals surface area contributed by atoms with Gasteiger partial charge in [0.2, 0.25) is 0 Å². The molecular formula is C17H11N3O. The Morgan fingerprint density at radius 2 is 2.00 bits per heavy atom. The second-order valence-electron chi connectivity index (χ2n) is 4.61. The van der Waals surface area contributed by atoms with Crippen LogP contribution in [0.15, 0.2) is 70.2 Å². The van der Waals surface area contributed by atoms with Crippen LogP contribution in [0.3, 0.4) is 0 Å². The van der Waals surface area contributed by atoms with Crippen LogP contribution in [-0.4, -0.2) is 17.5 Å². The van der Waals surface area contributed by atoms with Crippen molar-refractivity contribution in [2.45, 2.75) is 0 Å². The summed E-state index contributed by atoms with van der Waals surface area (Å²) in [6.45, 7) is 0. The fourth-order valence-corrected chi connectivity index (χ4v) is 2.15. The molecule has 3 rings (SSSR count). The van der Waals surface area contributed by atoms with Crippen molar-refractivity contribution < 1.29 is 4.79 Å². The fraction of sp³-hybridized carbons (Fsp3) is 0.0588. The van der Waals surface area contributed by atoms with Crippen LogP contribution in [0.4, 0.5) is 0 Å². The number of benzene rings is 1. The number of rotatable bonds is 2. The van der Waals surface area contributed by atoms with E-state index in [4.69, 9.17) is 0 Å². The molecule has 1 atom stereocenters. The average Bonchev–Trinajstić information content (AvgIpc) is 2.53. The lowest BCUT2D eigenvalue weighted by Crippen LogP contribution is -2.27. The normalized spacial score (nSPS) is 20.4. The third-order valence-electron chi connectivity index (χ3n) is 3.19. The highest BCUT2D eigenvalue weighted by Gasteiger charge is 2.27. The number of nitriles is 1. The maximum atomic E-state index is 12.0. The Morgan fingerprint density at radius 1 is 1.19 bits per heavy atom. The first kappa shape index (κ1) is 12.9. The Bertz CT molecular complexity index is 774. The standard InChI is InChI=1S/C17H11N3O/c18-11-13(10-12-6-2-1-3-7-12)16-19-15-9-5-4-8-14(15)17(21)20-16/h1-10,14H/b13-10+. The third kappa shape index (κ3) is 2.63. The molecule has 1 aliphatic carbocycles. The highest BCUT2D eigenvalue weighted by atomic mass is 16.1. The van der Waals surface area contributed by atoms with Crippen molar-refractivity contribution in [2.75, 3.05) is 0 Å². The van der Waals surface area contributed by atoms with Gasteiger partial charge in [0, 0.05) is 0 Å². The number of carbonyl (C=O) groups excluding carboxylic acids is 1. The maximum Gasteiger partial charge on any atom is 0.260 e. The number of allylic oxidation sites excluding steroid dienone is 3. The van der Waals surface area contributed by atoms with Gasteiger partial charge >= 0.3 is 0 Å². The number of carbonyl (C=O) groups is 1. The van der Waals surface area contributed by atoms with E-state index in [1.807, 2.05) is 36.4 Å². The summed E-state index contributed by atoms with van der Waals surface area (Å²) in [4.78, 5) is 20.3. The quantitative estimate of drug-likeness (QED) is 0.777. The molecule has 4 heteroatoms. The van der Waals surface area contributed by atoms with Crippen molar-refractivity contribution in [3.8, 4) is 6.07 Å². The molecule has 1 aromatic rings. The second-order valence-corrected chi connectivity index (χ2v) is 4.61. The number of nitrogens with zero attached hydrogens (tertiary/aromatic N) is 3. The number of hydrogen-bond acceptors (Lipinski definition) is 3. The minimum atomic E-state index is -0.421. The Hall–Kier alpha value is -3.06. The largest absolute Gasteiger partial charge is 0.271 e. The number of amides is 1. The molecule has 1 aliphatic heterocycles. The van der Waals surface area contributed by atoms with E-state index in [2.05, 4.69) is 16.1 Å². The van der Waals surface area contributed by atoms with Crippen molar-refractivity contribution in [1.82, 2.24) is 0 Å². The number of hydrogen-bond donors (Lipinski definition) is 0. The molecule has 0 aromatic heterocycles. The molecule has 0 N–H and O–H groups in total.